The number of aryl methyl sites for hydroxylation is 1. The molecule has 0 fully saturated rings. The van der Waals surface area contributed by atoms with E-state index in [9.17, 15) is 9.18 Å². The Hall–Kier alpha value is -1.43. The first kappa shape index (κ1) is 11.1. The first-order valence-electron chi connectivity index (χ1n) is 4.84. The zero-order valence-electron chi connectivity index (χ0n) is 9.03. The highest BCUT2D eigenvalue weighted by Gasteiger charge is 2.27. The van der Waals surface area contributed by atoms with Gasteiger partial charge in [-0.25, -0.2) is 9.38 Å². The van der Waals surface area contributed by atoms with Crippen LogP contribution in [0.2, 0.25) is 0 Å². The molecule has 4 nitrogen and oxygen atoms in total. The molecule has 2 rings (SSSR count). The van der Waals surface area contributed by atoms with Crippen LogP contribution in [0.3, 0.4) is 0 Å². The molecule has 0 aliphatic carbocycles. The van der Waals surface area contributed by atoms with Crippen molar-refractivity contribution in [3.63, 3.8) is 0 Å². The molecule has 0 spiro atoms. The molecule has 1 aromatic heterocycles. The summed E-state index contributed by atoms with van der Waals surface area (Å²) in [5.74, 6) is -0.156. The maximum absolute atomic E-state index is 13.2. The topological polar surface area (TPSA) is 58.7 Å². The maximum atomic E-state index is 13.2. The average molecular weight is 241 g/mol. The van der Waals surface area contributed by atoms with Gasteiger partial charge in [0.2, 0.25) is 5.91 Å². The number of aliphatic imine (C=N–C) groups is 1. The predicted octanol–water partition coefficient (Wildman–Crippen LogP) is 1.41. The van der Waals surface area contributed by atoms with Gasteiger partial charge in [0.05, 0.1) is 12.5 Å². The number of carbonyl (C=O) groups excluding carboxylic acids is 1. The second-order valence-corrected chi connectivity index (χ2v) is 5.00. The molecule has 6 heteroatoms. The SMILES string of the molecule is Cc1sc(C2CC(=O)N(C)C(N)=N2)cc1F. The van der Waals surface area contributed by atoms with Gasteiger partial charge in [0, 0.05) is 16.8 Å². The quantitative estimate of drug-likeness (QED) is 0.808. The van der Waals surface area contributed by atoms with Gasteiger partial charge in [0.1, 0.15) is 5.82 Å². The molecule has 2 N–H and O–H groups in total. The van der Waals surface area contributed by atoms with Crippen LogP contribution in [0.1, 0.15) is 22.2 Å². The maximum Gasteiger partial charge on any atom is 0.231 e. The van der Waals surface area contributed by atoms with Gasteiger partial charge in [0.25, 0.3) is 0 Å². The van der Waals surface area contributed by atoms with E-state index in [1.807, 2.05) is 0 Å². The van der Waals surface area contributed by atoms with Gasteiger partial charge in [-0.15, -0.1) is 11.3 Å². The highest BCUT2D eigenvalue weighted by atomic mass is 32.1. The smallest absolute Gasteiger partial charge is 0.231 e. The van der Waals surface area contributed by atoms with Gasteiger partial charge < -0.3 is 5.73 Å². The molecule has 16 heavy (non-hydrogen) atoms. The Bertz CT molecular complexity index is 449. The Morgan fingerprint density at radius 2 is 2.38 bits per heavy atom. The molecule has 0 aromatic carbocycles. The minimum Gasteiger partial charge on any atom is -0.369 e. The van der Waals surface area contributed by atoms with Crippen LogP contribution in [0.5, 0.6) is 0 Å². The van der Waals surface area contributed by atoms with Crippen LogP contribution in [0.4, 0.5) is 4.39 Å². The molecular weight excluding hydrogens is 229 g/mol. The number of nitrogens with zero attached hydrogens (tertiary/aromatic N) is 2. The van der Waals surface area contributed by atoms with E-state index in [1.54, 1.807) is 14.0 Å². The summed E-state index contributed by atoms with van der Waals surface area (Å²) in [6.45, 7) is 1.70. The molecule has 1 atom stereocenters. The van der Waals surface area contributed by atoms with Gasteiger partial charge in [-0.1, -0.05) is 0 Å². The number of carbonyl (C=O) groups is 1. The van der Waals surface area contributed by atoms with E-state index in [0.717, 1.165) is 4.88 Å². The summed E-state index contributed by atoms with van der Waals surface area (Å²) >= 11 is 1.32. The van der Waals surface area contributed by atoms with Crippen molar-refractivity contribution >= 4 is 23.2 Å². The fourth-order valence-corrected chi connectivity index (χ4v) is 2.48. The minimum absolute atomic E-state index is 0.0936. The normalized spacial score (nSPS) is 21.2. The monoisotopic (exact) mass is 241 g/mol. The van der Waals surface area contributed by atoms with Crippen molar-refractivity contribution in [2.45, 2.75) is 19.4 Å². The minimum atomic E-state index is -0.336. The Morgan fingerprint density at radius 3 is 2.88 bits per heavy atom. The molecule has 86 valence electrons. The Balaban J connectivity index is 2.33. The van der Waals surface area contributed by atoms with Crippen molar-refractivity contribution in [2.75, 3.05) is 7.05 Å². The molecule has 2 heterocycles. The molecule has 1 unspecified atom stereocenters. The standard InChI is InChI=1S/C10H12FN3OS/c1-5-6(11)3-8(16-5)7-4-9(15)14(2)10(12)13-7/h3,7H,4H2,1-2H3,(H2,12,13). The summed E-state index contributed by atoms with van der Waals surface area (Å²) in [5.41, 5.74) is 5.61. The van der Waals surface area contributed by atoms with Crippen LogP contribution in [-0.4, -0.2) is 23.8 Å². The molecule has 0 saturated heterocycles. The summed E-state index contributed by atoms with van der Waals surface area (Å²) in [4.78, 5) is 18.4. The zero-order chi connectivity index (χ0) is 11.9. The van der Waals surface area contributed by atoms with Crippen LogP contribution in [-0.2, 0) is 4.79 Å². The molecule has 1 aliphatic rings. The zero-order valence-corrected chi connectivity index (χ0v) is 9.84. The molecule has 1 amide bonds. The van der Waals surface area contributed by atoms with Gasteiger partial charge >= 0.3 is 0 Å². The van der Waals surface area contributed by atoms with Crippen LogP contribution in [0.25, 0.3) is 0 Å². The second-order valence-electron chi connectivity index (χ2n) is 3.71. The first-order valence-corrected chi connectivity index (χ1v) is 5.66. The van der Waals surface area contributed by atoms with Gasteiger partial charge in [-0.2, -0.15) is 0 Å². The number of nitrogens with two attached hydrogens (primary N) is 1. The van der Waals surface area contributed by atoms with Crippen LogP contribution in [0, 0.1) is 12.7 Å². The number of hydrogen-bond acceptors (Lipinski definition) is 4. The van der Waals surface area contributed by atoms with E-state index in [0.29, 0.717) is 4.88 Å². The molecule has 0 saturated carbocycles. The van der Waals surface area contributed by atoms with E-state index >= 15 is 0 Å². The number of amides is 1. The Morgan fingerprint density at radius 1 is 1.69 bits per heavy atom. The highest BCUT2D eigenvalue weighted by Crippen LogP contribution is 2.32. The van der Waals surface area contributed by atoms with Crippen molar-refractivity contribution in [1.29, 1.82) is 0 Å². The third-order valence-electron chi connectivity index (χ3n) is 2.58. The lowest BCUT2D eigenvalue weighted by atomic mass is 10.1. The number of thiophene rings is 1. The summed E-state index contributed by atoms with van der Waals surface area (Å²) in [6.07, 6.45) is 0.247. The third kappa shape index (κ3) is 1.80. The Labute approximate surface area is 96.6 Å². The van der Waals surface area contributed by atoms with Crippen molar-refractivity contribution in [2.24, 2.45) is 10.7 Å². The summed E-state index contributed by atoms with van der Waals surface area (Å²) in [7, 11) is 1.58. The fraction of sp³-hybridized carbons (Fsp3) is 0.400. The van der Waals surface area contributed by atoms with E-state index in [2.05, 4.69) is 4.99 Å². The van der Waals surface area contributed by atoms with Crippen molar-refractivity contribution in [1.82, 2.24) is 4.90 Å². The Kier molecular flexibility index (Phi) is 2.67. The molecule has 0 bridgehead atoms. The third-order valence-corrected chi connectivity index (χ3v) is 3.71. The van der Waals surface area contributed by atoms with Gasteiger partial charge in [-0.05, 0) is 13.0 Å². The van der Waals surface area contributed by atoms with E-state index < -0.39 is 0 Å². The largest absolute Gasteiger partial charge is 0.369 e. The summed E-state index contributed by atoms with van der Waals surface area (Å²) in [6, 6.07) is 1.09. The predicted molar refractivity (Wildman–Crippen MR) is 60.8 cm³/mol. The van der Waals surface area contributed by atoms with Gasteiger partial charge in [-0.3, -0.25) is 9.69 Å². The van der Waals surface area contributed by atoms with Crippen LogP contribution < -0.4 is 5.73 Å². The molecule has 1 aromatic rings. The summed E-state index contributed by atoms with van der Waals surface area (Å²) < 4.78 is 13.2. The van der Waals surface area contributed by atoms with Crippen molar-refractivity contribution < 1.29 is 9.18 Å². The van der Waals surface area contributed by atoms with Crippen molar-refractivity contribution in [3.05, 3.63) is 21.6 Å². The lowest BCUT2D eigenvalue weighted by molar-refractivity contribution is -0.127. The van der Waals surface area contributed by atoms with Crippen LogP contribution in [0.15, 0.2) is 11.1 Å². The number of hydrogen-bond donors (Lipinski definition) is 1. The average Bonchev–Trinajstić information content (AvgIpc) is 2.55. The van der Waals surface area contributed by atoms with Crippen LogP contribution >= 0.6 is 11.3 Å². The van der Waals surface area contributed by atoms with E-state index in [4.69, 9.17) is 5.73 Å². The fourth-order valence-electron chi connectivity index (χ4n) is 1.53. The molecular formula is C10H12FN3OS. The summed E-state index contributed by atoms with van der Waals surface area (Å²) in [5, 5.41) is 0. The molecule has 0 radical (unpaired) electrons. The number of rotatable bonds is 1. The number of halogens is 1. The lowest BCUT2D eigenvalue weighted by Gasteiger charge is -2.24. The molecule has 1 aliphatic heterocycles. The van der Waals surface area contributed by atoms with Gasteiger partial charge in [0.15, 0.2) is 5.96 Å². The number of guanidine groups is 1. The highest BCUT2D eigenvalue weighted by molar-refractivity contribution is 7.12. The second kappa shape index (κ2) is 3.86. The van der Waals surface area contributed by atoms with E-state index in [-0.39, 0.29) is 30.1 Å². The van der Waals surface area contributed by atoms with Crippen molar-refractivity contribution in [3.8, 4) is 0 Å². The first-order chi connectivity index (χ1) is 7.49. The van der Waals surface area contributed by atoms with E-state index in [1.165, 1.54) is 22.3 Å². The lowest BCUT2D eigenvalue weighted by Crippen LogP contribution is -2.42.